The molecule has 136 valence electrons. The summed E-state index contributed by atoms with van der Waals surface area (Å²) in [4.78, 5) is 24.8. The zero-order valence-corrected chi connectivity index (χ0v) is 15.0. The second kappa shape index (κ2) is 7.47. The Morgan fingerprint density at radius 2 is 1.69 bits per heavy atom. The molecule has 2 N–H and O–H groups in total. The number of benzene rings is 2. The molecular weight excluding hydrogens is 332 g/mol. The van der Waals surface area contributed by atoms with Gasteiger partial charge in [-0.1, -0.05) is 12.1 Å². The van der Waals surface area contributed by atoms with E-state index in [0.717, 1.165) is 11.3 Å². The fourth-order valence-corrected chi connectivity index (χ4v) is 2.87. The SMILES string of the molecule is COc1ccc(OC)c(NC(=O)C2CC2C(=O)Nc2cccc(C)c2)c1. The number of carbonyl (C=O) groups excluding carboxylic acids is 2. The molecule has 1 fully saturated rings. The highest BCUT2D eigenvalue weighted by molar-refractivity contribution is 6.03. The zero-order chi connectivity index (χ0) is 18.7. The minimum atomic E-state index is -0.337. The molecule has 1 saturated carbocycles. The molecule has 6 nitrogen and oxygen atoms in total. The quantitative estimate of drug-likeness (QED) is 0.835. The number of hydrogen-bond donors (Lipinski definition) is 2. The molecule has 1 aliphatic rings. The van der Waals surface area contributed by atoms with Crippen LogP contribution in [0.3, 0.4) is 0 Å². The summed E-state index contributed by atoms with van der Waals surface area (Å²) < 4.78 is 10.4. The Bertz CT molecular complexity index is 834. The first kappa shape index (κ1) is 17.8. The normalized spacial score (nSPS) is 18.0. The molecule has 2 aromatic carbocycles. The van der Waals surface area contributed by atoms with Crippen molar-refractivity contribution in [1.82, 2.24) is 0 Å². The largest absolute Gasteiger partial charge is 0.497 e. The van der Waals surface area contributed by atoms with Gasteiger partial charge in [-0.25, -0.2) is 0 Å². The van der Waals surface area contributed by atoms with Crippen molar-refractivity contribution in [2.75, 3.05) is 24.9 Å². The molecule has 0 heterocycles. The molecule has 0 saturated heterocycles. The summed E-state index contributed by atoms with van der Waals surface area (Å²) in [5.41, 5.74) is 2.34. The van der Waals surface area contributed by atoms with E-state index in [1.807, 2.05) is 31.2 Å². The molecule has 3 rings (SSSR count). The first-order valence-corrected chi connectivity index (χ1v) is 8.42. The van der Waals surface area contributed by atoms with Crippen molar-refractivity contribution in [3.63, 3.8) is 0 Å². The van der Waals surface area contributed by atoms with Gasteiger partial charge in [-0.2, -0.15) is 0 Å². The third-order valence-electron chi connectivity index (χ3n) is 4.41. The van der Waals surface area contributed by atoms with E-state index in [0.29, 0.717) is 23.6 Å². The Kier molecular flexibility index (Phi) is 5.11. The van der Waals surface area contributed by atoms with Crippen molar-refractivity contribution >= 4 is 23.2 Å². The maximum atomic E-state index is 12.5. The van der Waals surface area contributed by atoms with Crippen molar-refractivity contribution in [2.24, 2.45) is 11.8 Å². The molecule has 0 bridgehead atoms. The van der Waals surface area contributed by atoms with E-state index < -0.39 is 0 Å². The van der Waals surface area contributed by atoms with Gasteiger partial charge in [-0.15, -0.1) is 0 Å². The van der Waals surface area contributed by atoms with Gasteiger partial charge < -0.3 is 20.1 Å². The molecule has 0 aromatic heterocycles. The lowest BCUT2D eigenvalue weighted by Gasteiger charge is -2.12. The van der Waals surface area contributed by atoms with Crippen LogP contribution in [0.25, 0.3) is 0 Å². The van der Waals surface area contributed by atoms with Crippen LogP contribution in [0, 0.1) is 18.8 Å². The Balaban J connectivity index is 1.61. The van der Waals surface area contributed by atoms with Crippen LogP contribution in [0.5, 0.6) is 11.5 Å². The van der Waals surface area contributed by atoms with Crippen LogP contribution >= 0.6 is 0 Å². The van der Waals surface area contributed by atoms with Gasteiger partial charge in [0.15, 0.2) is 0 Å². The van der Waals surface area contributed by atoms with Crippen molar-refractivity contribution < 1.29 is 19.1 Å². The Labute approximate surface area is 152 Å². The molecule has 1 aliphatic carbocycles. The second-order valence-electron chi connectivity index (χ2n) is 6.36. The molecule has 6 heteroatoms. The topological polar surface area (TPSA) is 76.7 Å². The summed E-state index contributed by atoms with van der Waals surface area (Å²) in [5, 5.41) is 5.70. The third kappa shape index (κ3) is 3.96. The summed E-state index contributed by atoms with van der Waals surface area (Å²) in [6.45, 7) is 1.96. The van der Waals surface area contributed by atoms with Gasteiger partial charge >= 0.3 is 0 Å². The van der Waals surface area contributed by atoms with Gasteiger partial charge in [-0.3, -0.25) is 9.59 Å². The summed E-state index contributed by atoms with van der Waals surface area (Å²) in [6.07, 6.45) is 0.537. The maximum Gasteiger partial charge on any atom is 0.228 e. The zero-order valence-electron chi connectivity index (χ0n) is 15.0. The molecule has 2 atom stereocenters. The van der Waals surface area contributed by atoms with Crippen molar-refractivity contribution in [2.45, 2.75) is 13.3 Å². The van der Waals surface area contributed by atoms with Crippen LogP contribution in [0.4, 0.5) is 11.4 Å². The molecular formula is C20H22N2O4. The summed E-state index contributed by atoms with van der Waals surface area (Å²) in [5.74, 6) is 0.184. The maximum absolute atomic E-state index is 12.5. The summed E-state index contributed by atoms with van der Waals surface area (Å²) in [7, 11) is 3.09. The smallest absolute Gasteiger partial charge is 0.228 e. The molecule has 2 amide bonds. The number of methoxy groups -OCH3 is 2. The molecule has 26 heavy (non-hydrogen) atoms. The van der Waals surface area contributed by atoms with Gasteiger partial charge in [0.05, 0.1) is 31.7 Å². The fourth-order valence-electron chi connectivity index (χ4n) is 2.87. The van der Waals surface area contributed by atoms with Crippen molar-refractivity contribution in [3.8, 4) is 11.5 Å². The molecule has 0 spiro atoms. The average Bonchev–Trinajstić information content (AvgIpc) is 3.42. The van der Waals surface area contributed by atoms with Crippen molar-refractivity contribution in [3.05, 3.63) is 48.0 Å². The van der Waals surface area contributed by atoms with E-state index >= 15 is 0 Å². The number of aryl methyl sites for hydroxylation is 1. The molecule has 0 aliphatic heterocycles. The first-order valence-electron chi connectivity index (χ1n) is 8.42. The van der Waals surface area contributed by atoms with Gasteiger partial charge in [0.2, 0.25) is 11.8 Å². The van der Waals surface area contributed by atoms with E-state index in [4.69, 9.17) is 9.47 Å². The minimum absolute atomic E-state index is 0.131. The Morgan fingerprint density at radius 3 is 2.35 bits per heavy atom. The van der Waals surface area contributed by atoms with Gasteiger partial charge in [0.1, 0.15) is 11.5 Å². The van der Waals surface area contributed by atoms with E-state index in [2.05, 4.69) is 10.6 Å². The average molecular weight is 354 g/mol. The first-order chi connectivity index (χ1) is 12.5. The molecule has 0 radical (unpaired) electrons. The highest BCUT2D eigenvalue weighted by Gasteiger charge is 2.48. The number of anilines is 2. The summed E-state index contributed by atoms with van der Waals surface area (Å²) >= 11 is 0. The number of amides is 2. The number of hydrogen-bond acceptors (Lipinski definition) is 4. The molecule has 2 unspecified atom stereocenters. The third-order valence-corrected chi connectivity index (χ3v) is 4.41. The fraction of sp³-hybridized carbons (Fsp3) is 0.300. The van der Waals surface area contributed by atoms with Gasteiger partial charge in [0, 0.05) is 11.8 Å². The van der Waals surface area contributed by atoms with Gasteiger partial charge in [0.25, 0.3) is 0 Å². The van der Waals surface area contributed by atoms with E-state index in [-0.39, 0.29) is 23.7 Å². The lowest BCUT2D eigenvalue weighted by molar-refractivity contribution is -0.122. The van der Waals surface area contributed by atoms with Crippen LogP contribution < -0.4 is 20.1 Å². The van der Waals surface area contributed by atoms with Crippen LogP contribution in [-0.2, 0) is 9.59 Å². The number of nitrogens with one attached hydrogen (secondary N) is 2. The van der Waals surface area contributed by atoms with E-state index in [1.54, 1.807) is 25.3 Å². The minimum Gasteiger partial charge on any atom is -0.497 e. The van der Waals surface area contributed by atoms with Crippen LogP contribution in [0.1, 0.15) is 12.0 Å². The van der Waals surface area contributed by atoms with Crippen LogP contribution in [0.2, 0.25) is 0 Å². The number of carbonyl (C=O) groups is 2. The molecule has 2 aromatic rings. The van der Waals surface area contributed by atoms with Crippen LogP contribution in [-0.4, -0.2) is 26.0 Å². The number of ether oxygens (including phenoxy) is 2. The lowest BCUT2D eigenvalue weighted by Crippen LogP contribution is -2.20. The Hall–Kier alpha value is -3.02. The standard InChI is InChI=1S/C20H22N2O4/c1-12-5-4-6-13(9-12)21-19(23)15-11-16(15)20(24)22-17-10-14(25-2)7-8-18(17)26-3/h4-10,15-16H,11H2,1-3H3,(H,21,23)(H,22,24). The second-order valence-corrected chi connectivity index (χ2v) is 6.36. The predicted octanol–water partition coefficient (Wildman–Crippen LogP) is 3.23. The number of rotatable bonds is 6. The highest BCUT2D eigenvalue weighted by Crippen LogP contribution is 2.41. The summed E-state index contributed by atoms with van der Waals surface area (Å²) in [6, 6.07) is 12.8. The highest BCUT2D eigenvalue weighted by atomic mass is 16.5. The monoisotopic (exact) mass is 354 g/mol. The predicted molar refractivity (Wildman–Crippen MR) is 99.6 cm³/mol. The van der Waals surface area contributed by atoms with Crippen LogP contribution in [0.15, 0.2) is 42.5 Å². The van der Waals surface area contributed by atoms with Gasteiger partial charge in [-0.05, 0) is 43.2 Å². The van der Waals surface area contributed by atoms with E-state index in [9.17, 15) is 9.59 Å². The lowest BCUT2D eigenvalue weighted by atomic mass is 10.2. The van der Waals surface area contributed by atoms with Crippen molar-refractivity contribution in [1.29, 1.82) is 0 Å². The van der Waals surface area contributed by atoms with E-state index in [1.165, 1.54) is 7.11 Å². The Morgan fingerprint density at radius 1 is 0.962 bits per heavy atom.